The molecule has 1 amide bonds. The van der Waals surface area contributed by atoms with Crippen molar-refractivity contribution in [3.63, 3.8) is 0 Å². The highest BCUT2D eigenvalue weighted by Gasteiger charge is 2.33. The van der Waals surface area contributed by atoms with Crippen LogP contribution >= 0.6 is 11.8 Å². The normalized spacial score (nSPS) is 11.1. The first-order valence-corrected chi connectivity index (χ1v) is 9.08. The number of carbonyl (C=O) groups excluding carboxylic acids is 1. The number of nitro groups is 1. The fraction of sp³-hybridized carbons (Fsp3) is 0.278. The van der Waals surface area contributed by atoms with Crippen molar-refractivity contribution >= 4 is 23.4 Å². The Morgan fingerprint density at radius 2 is 1.96 bits per heavy atom. The zero-order valence-electron chi connectivity index (χ0n) is 14.8. The van der Waals surface area contributed by atoms with Gasteiger partial charge in [0.1, 0.15) is 5.75 Å². The van der Waals surface area contributed by atoms with E-state index in [2.05, 4.69) is 5.32 Å². The number of halogens is 3. The molecule has 10 heteroatoms. The number of nitrogens with zero attached hydrogens (tertiary/aromatic N) is 1. The number of hydrogen-bond acceptors (Lipinski definition) is 5. The van der Waals surface area contributed by atoms with E-state index in [1.54, 1.807) is 13.2 Å². The smallest absolute Gasteiger partial charge is 0.416 e. The number of nitro benzene ring substituents is 1. The van der Waals surface area contributed by atoms with Gasteiger partial charge in [-0.05, 0) is 30.2 Å². The molecule has 6 nitrogen and oxygen atoms in total. The predicted molar refractivity (Wildman–Crippen MR) is 98.5 cm³/mol. The molecule has 2 aromatic carbocycles. The molecule has 0 atom stereocenters. The molecule has 0 radical (unpaired) electrons. The van der Waals surface area contributed by atoms with Crippen LogP contribution in [-0.2, 0) is 17.4 Å². The van der Waals surface area contributed by atoms with Gasteiger partial charge in [-0.1, -0.05) is 18.2 Å². The van der Waals surface area contributed by atoms with Gasteiger partial charge in [-0.25, -0.2) is 0 Å². The molecule has 0 spiro atoms. The molecule has 0 saturated heterocycles. The number of ether oxygens (including phenoxy) is 1. The van der Waals surface area contributed by atoms with Gasteiger partial charge in [-0.3, -0.25) is 14.9 Å². The van der Waals surface area contributed by atoms with Crippen molar-refractivity contribution in [2.45, 2.75) is 17.5 Å². The molecule has 0 aliphatic rings. The van der Waals surface area contributed by atoms with E-state index in [-0.39, 0.29) is 16.6 Å². The van der Waals surface area contributed by atoms with Crippen LogP contribution in [0.4, 0.5) is 18.9 Å². The third-order valence-electron chi connectivity index (χ3n) is 3.75. The summed E-state index contributed by atoms with van der Waals surface area (Å²) in [7, 11) is 1.55. The van der Waals surface area contributed by atoms with Crippen LogP contribution in [0, 0.1) is 10.1 Å². The number of para-hydroxylation sites is 1. The van der Waals surface area contributed by atoms with E-state index in [0.29, 0.717) is 24.8 Å². The van der Waals surface area contributed by atoms with E-state index in [1.807, 2.05) is 18.2 Å². The SMILES string of the molecule is COc1ccccc1CCNC(=O)CSc1ccc(C(F)(F)F)cc1[N+](=O)[O-]. The van der Waals surface area contributed by atoms with E-state index < -0.39 is 22.4 Å². The number of benzene rings is 2. The van der Waals surface area contributed by atoms with Gasteiger partial charge in [-0.2, -0.15) is 13.2 Å². The topological polar surface area (TPSA) is 81.5 Å². The minimum Gasteiger partial charge on any atom is -0.496 e. The highest BCUT2D eigenvalue weighted by Crippen LogP contribution is 2.36. The van der Waals surface area contributed by atoms with E-state index in [0.717, 1.165) is 29.5 Å². The molecule has 1 N–H and O–H groups in total. The Balaban J connectivity index is 1.92. The molecular formula is C18H17F3N2O4S. The van der Waals surface area contributed by atoms with E-state index in [9.17, 15) is 28.1 Å². The zero-order chi connectivity index (χ0) is 20.7. The molecule has 28 heavy (non-hydrogen) atoms. The maximum atomic E-state index is 12.7. The quantitative estimate of drug-likeness (QED) is 0.400. The monoisotopic (exact) mass is 414 g/mol. The second-order valence-electron chi connectivity index (χ2n) is 5.64. The number of hydrogen-bond donors (Lipinski definition) is 1. The fourth-order valence-corrected chi connectivity index (χ4v) is 3.23. The molecule has 0 saturated carbocycles. The zero-order valence-corrected chi connectivity index (χ0v) is 15.6. The summed E-state index contributed by atoms with van der Waals surface area (Å²) < 4.78 is 43.3. The van der Waals surface area contributed by atoms with Gasteiger partial charge in [0.2, 0.25) is 5.91 Å². The molecule has 0 aliphatic carbocycles. The Kier molecular flexibility index (Phi) is 7.27. The summed E-state index contributed by atoms with van der Waals surface area (Å²) >= 11 is 0.811. The maximum absolute atomic E-state index is 12.7. The Labute approximate surface area is 163 Å². The lowest BCUT2D eigenvalue weighted by Gasteiger charge is -2.10. The van der Waals surface area contributed by atoms with Gasteiger partial charge in [-0.15, -0.1) is 11.8 Å². The van der Waals surface area contributed by atoms with Gasteiger partial charge < -0.3 is 10.1 Å². The molecule has 150 valence electrons. The minimum absolute atomic E-state index is 0.00196. The predicted octanol–water partition coefficient (Wildman–Crippen LogP) is 4.07. The molecule has 0 unspecified atom stereocenters. The first-order valence-electron chi connectivity index (χ1n) is 8.09. The van der Waals surface area contributed by atoms with Crippen LogP contribution < -0.4 is 10.1 Å². The standard InChI is InChI=1S/C18H17F3N2O4S/c1-27-15-5-3-2-4-12(15)8-9-22-17(24)11-28-16-7-6-13(18(19,20)21)10-14(16)23(25)26/h2-7,10H,8-9,11H2,1H3,(H,22,24). The Hall–Kier alpha value is -2.75. The molecule has 0 aliphatic heterocycles. The van der Waals surface area contributed by atoms with Crippen LogP contribution in [-0.4, -0.2) is 30.2 Å². The van der Waals surface area contributed by atoms with Crippen LogP contribution in [0.3, 0.4) is 0 Å². The number of rotatable bonds is 8. The third-order valence-corrected chi connectivity index (χ3v) is 4.81. The van der Waals surface area contributed by atoms with Crippen LogP contribution in [0.2, 0.25) is 0 Å². The van der Waals surface area contributed by atoms with Gasteiger partial charge in [0, 0.05) is 12.6 Å². The largest absolute Gasteiger partial charge is 0.496 e. The van der Waals surface area contributed by atoms with Crippen molar-refractivity contribution in [3.05, 3.63) is 63.7 Å². The van der Waals surface area contributed by atoms with Gasteiger partial charge in [0.15, 0.2) is 0 Å². The maximum Gasteiger partial charge on any atom is 0.416 e. The first-order chi connectivity index (χ1) is 13.2. The molecule has 0 heterocycles. The molecular weight excluding hydrogens is 397 g/mol. The summed E-state index contributed by atoms with van der Waals surface area (Å²) in [6, 6.07) is 9.58. The summed E-state index contributed by atoms with van der Waals surface area (Å²) in [5.41, 5.74) is -0.872. The Bertz CT molecular complexity index is 859. The van der Waals surface area contributed by atoms with E-state index in [4.69, 9.17) is 4.74 Å². The van der Waals surface area contributed by atoms with Crippen LogP contribution in [0.25, 0.3) is 0 Å². The van der Waals surface area contributed by atoms with Crippen molar-refractivity contribution in [2.75, 3.05) is 19.4 Å². The molecule has 0 fully saturated rings. The van der Waals surface area contributed by atoms with Gasteiger partial charge >= 0.3 is 6.18 Å². The second kappa shape index (κ2) is 9.45. The number of carbonyl (C=O) groups is 1. The van der Waals surface area contributed by atoms with Crippen molar-refractivity contribution in [1.82, 2.24) is 5.32 Å². The lowest BCUT2D eigenvalue weighted by atomic mass is 10.1. The first kappa shape index (κ1) is 21.5. The van der Waals surface area contributed by atoms with Crippen LogP contribution in [0.5, 0.6) is 5.75 Å². The molecule has 0 aromatic heterocycles. The van der Waals surface area contributed by atoms with Crippen LogP contribution in [0.15, 0.2) is 47.4 Å². The minimum atomic E-state index is -4.68. The Morgan fingerprint density at radius 1 is 1.25 bits per heavy atom. The third kappa shape index (κ3) is 5.88. The molecule has 2 aromatic rings. The number of nitrogens with one attached hydrogen (secondary N) is 1. The fourth-order valence-electron chi connectivity index (χ4n) is 2.40. The highest BCUT2D eigenvalue weighted by atomic mass is 32.2. The number of thioether (sulfide) groups is 1. The summed E-state index contributed by atoms with van der Waals surface area (Å²) in [6.45, 7) is 0.328. The summed E-state index contributed by atoms with van der Waals surface area (Å²) in [5.74, 6) is 0.165. The summed E-state index contributed by atoms with van der Waals surface area (Å²) in [6.07, 6.45) is -4.15. The number of amides is 1. The lowest BCUT2D eigenvalue weighted by Crippen LogP contribution is -2.27. The summed E-state index contributed by atoms with van der Waals surface area (Å²) in [5, 5.41) is 13.7. The summed E-state index contributed by atoms with van der Waals surface area (Å²) in [4.78, 5) is 22.1. The average molecular weight is 414 g/mol. The number of methoxy groups -OCH3 is 1. The van der Waals surface area contributed by atoms with E-state index in [1.165, 1.54) is 0 Å². The van der Waals surface area contributed by atoms with E-state index >= 15 is 0 Å². The van der Waals surface area contributed by atoms with Gasteiger partial charge in [0.25, 0.3) is 5.69 Å². The van der Waals surface area contributed by atoms with Gasteiger partial charge in [0.05, 0.1) is 28.2 Å². The molecule has 0 bridgehead atoms. The van der Waals surface area contributed by atoms with Crippen molar-refractivity contribution in [2.24, 2.45) is 0 Å². The average Bonchev–Trinajstić information content (AvgIpc) is 2.65. The number of alkyl halides is 3. The van der Waals surface area contributed by atoms with Crippen molar-refractivity contribution < 1.29 is 27.6 Å². The van der Waals surface area contributed by atoms with Crippen molar-refractivity contribution in [3.8, 4) is 5.75 Å². The molecule has 2 rings (SSSR count). The Morgan fingerprint density at radius 3 is 2.61 bits per heavy atom. The van der Waals surface area contributed by atoms with Crippen LogP contribution in [0.1, 0.15) is 11.1 Å². The second-order valence-corrected chi connectivity index (χ2v) is 6.66. The van der Waals surface area contributed by atoms with Crippen molar-refractivity contribution in [1.29, 1.82) is 0 Å². The lowest BCUT2D eigenvalue weighted by molar-refractivity contribution is -0.388. The highest BCUT2D eigenvalue weighted by molar-refractivity contribution is 8.00.